The lowest BCUT2D eigenvalue weighted by molar-refractivity contribution is 0.0609. The second-order valence-electron chi connectivity index (χ2n) is 4.12. The number of nitrogens with zero attached hydrogens (tertiary/aromatic N) is 1. The number of ether oxygens (including phenoxy) is 3. The smallest absolute Gasteiger partial charge is 0.0705 e. The van der Waals surface area contributed by atoms with Crippen LogP contribution in [0.4, 0.5) is 0 Å². The Bertz CT molecular complexity index is 156. The summed E-state index contributed by atoms with van der Waals surface area (Å²) in [6.07, 6.45) is 1.09. The van der Waals surface area contributed by atoms with E-state index in [1.54, 1.807) is 7.11 Å². The minimum atomic E-state index is 0.145. The van der Waals surface area contributed by atoms with Crippen molar-refractivity contribution in [3.63, 3.8) is 0 Å². The predicted octanol–water partition coefficient (Wildman–Crippen LogP) is 0.725. The van der Waals surface area contributed by atoms with E-state index >= 15 is 0 Å². The zero-order chi connectivity index (χ0) is 13.6. The summed E-state index contributed by atoms with van der Waals surface area (Å²) in [5.74, 6) is 0. The van der Waals surface area contributed by atoms with Crippen molar-refractivity contribution in [1.82, 2.24) is 4.90 Å². The molecule has 0 saturated heterocycles. The van der Waals surface area contributed by atoms with Crippen molar-refractivity contribution < 1.29 is 14.2 Å². The first-order chi connectivity index (χ1) is 8.78. The van der Waals surface area contributed by atoms with Gasteiger partial charge in [-0.15, -0.1) is 0 Å². The third kappa shape index (κ3) is 9.79. The molecular weight excluding hydrogens is 232 g/mol. The van der Waals surface area contributed by atoms with Crippen molar-refractivity contribution in [2.75, 3.05) is 59.7 Å². The van der Waals surface area contributed by atoms with Crippen molar-refractivity contribution in [2.24, 2.45) is 5.73 Å². The van der Waals surface area contributed by atoms with Gasteiger partial charge in [-0.2, -0.15) is 0 Å². The highest BCUT2D eigenvalue weighted by Gasteiger charge is 2.09. The normalized spacial score (nSPS) is 13.2. The Morgan fingerprint density at radius 2 is 1.56 bits per heavy atom. The number of methoxy groups -OCH3 is 1. The summed E-state index contributed by atoms with van der Waals surface area (Å²) < 4.78 is 16.1. The van der Waals surface area contributed by atoms with Crippen LogP contribution in [-0.4, -0.2) is 70.7 Å². The maximum absolute atomic E-state index is 5.62. The molecular formula is C13H30N2O3. The fraction of sp³-hybridized carbons (Fsp3) is 1.00. The molecule has 5 heteroatoms. The summed E-state index contributed by atoms with van der Waals surface area (Å²) in [7, 11) is 1.71. The molecule has 0 heterocycles. The number of rotatable bonds is 13. The van der Waals surface area contributed by atoms with Gasteiger partial charge in [-0.1, -0.05) is 0 Å². The van der Waals surface area contributed by atoms with Crippen LogP contribution >= 0.6 is 0 Å². The van der Waals surface area contributed by atoms with Gasteiger partial charge in [0, 0.05) is 46.5 Å². The summed E-state index contributed by atoms with van der Waals surface area (Å²) in [5, 5.41) is 0. The first-order valence-corrected chi connectivity index (χ1v) is 6.89. The van der Waals surface area contributed by atoms with Gasteiger partial charge in [0.15, 0.2) is 0 Å². The molecule has 5 nitrogen and oxygen atoms in total. The molecule has 0 aromatic heterocycles. The molecule has 0 spiro atoms. The average molecular weight is 262 g/mol. The van der Waals surface area contributed by atoms with E-state index in [9.17, 15) is 0 Å². The van der Waals surface area contributed by atoms with E-state index in [4.69, 9.17) is 19.9 Å². The summed E-state index contributed by atoms with van der Waals surface area (Å²) in [6, 6.07) is 0. The first kappa shape index (κ1) is 17.8. The molecule has 0 aromatic rings. The van der Waals surface area contributed by atoms with Crippen LogP contribution in [0.25, 0.3) is 0 Å². The Morgan fingerprint density at radius 1 is 1.00 bits per heavy atom. The van der Waals surface area contributed by atoms with Crippen LogP contribution in [0.1, 0.15) is 20.3 Å². The molecule has 0 rings (SSSR count). The summed E-state index contributed by atoms with van der Waals surface area (Å²) in [5.41, 5.74) is 5.62. The van der Waals surface area contributed by atoms with Gasteiger partial charge in [-0.05, 0) is 20.3 Å². The van der Waals surface area contributed by atoms with E-state index in [0.717, 1.165) is 52.5 Å². The number of hydrogen-bond acceptors (Lipinski definition) is 5. The highest BCUT2D eigenvalue weighted by atomic mass is 16.5. The first-order valence-electron chi connectivity index (χ1n) is 6.89. The quantitative estimate of drug-likeness (QED) is 0.496. The minimum absolute atomic E-state index is 0.145. The van der Waals surface area contributed by atoms with Gasteiger partial charge >= 0.3 is 0 Å². The molecule has 110 valence electrons. The van der Waals surface area contributed by atoms with Crippen LogP contribution in [0.2, 0.25) is 0 Å². The van der Waals surface area contributed by atoms with Crippen molar-refractivity contribution in [3.05, 3.63) is 0 Å². The zero-order valence-corrected chi connectivity index (χ0v) is 12.2. The van der Waals surface area contributed by atoms with E-state index in [1.807, 2.05) is 13.8 Å². The fourth-order valence-corrected chi connectivity index (χ4v) is 1.67. The number of hydrogen-bond donors (Lipinski definition) is 1. The lowest BCUT2D eigenvalue weighted by Crippen LogP contribution is -2.35. The molecule has 0 aliphatic carbocycles. The van der Waals surface area contributed by atoms with Gasteiger partial charge in [0.2, 0.25) is 0 Å². The summed E-state index contributed by atoms with van der Waals surface area (Å²) >= 11 is 0. The third-order valence-electron chi connectivity index (χ3n) is 2.88. The van der Waals surface area contributed by atoms with Gasteiger partial charge in [0.1, 0.15) is 0 Å². The summed E-state index contributed by atoms with van der Waals surface area (Å²) in [4.78, 5) is 2.34. The van der Waals surface area contributed by atoms with Gasteiger partial charge < -0.3 is 19.9 Å². The Labute approximate surface area is 112 Å². The Kier molecular flexibility index (Phi) is 13.1. The van der Waals surface area contributed by atoms with E-state index in [2.05, 4.69) is 4.90 Å². The SMILES string of the molecule is CCOCCN(CCOCC)CCC(CN)OC. The third-order valence-corrected chi connectivity index (χ3v) is 2.88. The van der Waals surface area contributed by atoms with Crippen LogP contribution in [0, 0.1) is 0 Å². The average Bonchev–Trinajstić information content (AvgIpc) is 2.39. The van der Waals surface area contributed by atoms with Crippen LogP contribution < -0.4 is 5.73 Å². The topological polar surface area (TPSA) is 57.0 Å². The van der Waals surface area contributed by atoms with Crippen molar-refractivity contribution in [1.29, 1.82) is 0 Å². The lowest BCUT2D eigenvalue weighted by Gasteiger charge is -2.24. The molecule has 0 amide bonds. The highest BCUT2D eigenvalue weighted by molar-refractivity contribution is 4.64. The molecule has 0 bridgehead atoms. The van der Waals surface area contributed by atoms with E-state index in [0.29, 0.717) is 6.54 Å². The maximum Gasteiger partial charge on any atom is 0.0705 e. The predicted molar refractivity (Wildman–Crippen MR) is 73.9 cm³/mol. The van der Waals surface area contributed by atoms with Gasteiger partial charge in [0.05, 0.1) is 19.3 Å². The van der Waals surface area contributed by atoms with Crippen LogP contribution in [0.3, 0.4) is 0 Å². The molecule has 18 heavy (non-hydrogen) atoms. The number of nitrogens with two attached hydrogens (primary N) is 1. The van der Waals surface area contributed by atoms with Crippen molar-refractivity contribution in [3.8, 4) is 0 Å². The standard InChI is InChI=1S/C13H30N2O3/c1-4-17-10-8-15(9-11-18-5-2)7-6-13(12-14)16-3/h13H,4-12,14H2,1-3H3. The van der Waals surface area contributed by atoms with Gasteiger partial charge in [0.25, 0.3) is 0 Å². The molecule has 0 radical (unpaired) electrons. The van der Waals surface area contributed by atoms with Crippen molar-refractivity contribution >= 4 is 0 Å². The molecule has 0 saturated carbocycles. The second-order valence-corrected chi connectivity index (χ2v) is 4.12. The monoisotopic (exact) mass is 262 g/mol. The van der Waals surface area contributed by atoms with Crippen molar-refractivity contribution in [2.45, 2.75) is 26.4 Å². The molecule has 2 N–H and O–H groups in total. The lowest BCUT2D eigenvalue weighted by atomic mass is 10.2. The fourth-order valence-electron chi connectivity index (χ4n) is 1.67. The molecule has 0 fully saturated rings. The molecule has 0 aliphatic rings. The highest BCUT2D eigenvalue weighted by Crippen LogP contribution is 1.99. The zero-order valence-electron chi connectivity index (χ0n) is 12.2. The Hall–Kier alpha value is -0.200. The molecule has 1 unspecified atom stereocenters. The molecule has 0 aromatic carbocycles. The van der Waals surface area contributed by atoms with E-state index < -0.39 is 0 Å². The van der Waals surface area contributed by atoms with Crippen LogP contribution in [0.5, 0.6) is 0 Å². The second kappa shape index (κ2) is 13.2. The van der Waals surface area contributed by atoms with Gasteiger partial charge in [-0.3, -0.25) is 4.90 Å². The maximum atomic E-state index is 5.62. The van der Waals surface area contributed by atoms with E-state index in [-0.39, 0.29) is 6.10 Å². The Morgan fingerprint density at radius 3 is 1.94 bits per heavy atom. The largest absolute Gasteiger partial charge is 0.380 e. The summed E-state index contributed by atoms with van der Waals surface area (Å²) in [6.45, 7) is 10.5. The van der Waals surface area contributed by atoms with E-state index in [1.165, 1.54) is 0 Å². The minimum Gasteiger partial charge on any atom is -0.380 e. The van der Waals surface area contributed by atoms with Gasteiger partial charge in [-0.25, -0.2) is 0 Å². The van der Waals surface area contributed by atoms with Crippen LogP contribution in [0.15, 0.2) is 0 Å². The van der Waals surface area contributed by atoms with Crippen LogP contribution in [-0.2, 0) is 14.2 Å². The molecule has 1 atom stereocenters. The Balaban J connectivity index is 3.86. The molecule has 0 aliphatic heterocycles.